The fourth-order valence-electron chi connectivity index (χ4n) is 1.70. The number of hydrogen-bond donors (Lipinski definition) is 2. The van der Waals surface area contributed by atoms with E-state index in [-0.39, 0.29) is 22.7 Å². The first-order chi connectivity index (χ1) is 9.47. The Morgan fingerprint density at radius 2 is 1.95 bits per heavy atom. The number of nitrogens with one attached hydrogen (secondary N) is 1. The van der Waals surface area contributed by atoms with Gasteiger partial charge in [0.25, 0.3) is 11.8 Å². The SMILES string of the molecule is Cc1ccc(C(C)NC(=O)c2csc(C(N)=O)n2)cc1. The van der Waals surface area contributed by atoms with Gasteiger partial charge in [-0.3, -0.25) is 9.59 Å². The Morgan fingerprint density at radius 1 is 1.30 bits per heavy atom. The molecule has 0 fully saturated rings. The van der Waals surface area contributed by atoms with Gasteiger partial charge in [0.15, 0.2) is 5.01 Å². The summed E-state index contributed by atoms with van der Waals surface area (Å²) in [6.45, 7) is 3.90. The van der Waals surface area contributed by atoms with Gasteiger partial charge >= 0.3 is 0 Å². The van der Waals surface area contributed by atoms with Crippen LogP contribution in [0.25, 0.3) is 0 Å². The number of rotatable bonds is 4. The summed E-state index contributed by atoms with van der Waals surface area (Å²) >= 11 is 1.06. The van der Waals surface area contributed by atoms with Gasteiger partial charge in [-0.25, -0.2) is 4.98 Å². The van der Waals surface area contributed by atoms with Crippen LogP contribution in [0.15, 0.2) is 29.6 Å². The Labute approximate surface area is 120 Å². The summed E-state index contributed by atoms with van der Waals surface area (Å²) in [5.74, 6) is -0.942. The molecule has 1 aromatic carbocycles. The van der Waals surface area contributed by atoms with Crippen LogP contribution in [0.5, 0.6) is 0 Å². The van der Waals surface area contributed by atoms with Crippen LogP contribution in [0.2, 0.25) is 0 Å². The summed E-state index contributed by atoms with van der Waals surface area (Å²) in [6, 6.07) is 7.78. The maximum Gasteiger partial charge on any atom is 0.277 e. The van der Waals surface area contributed by atoms with Crippen LogP contribution in [0, 0.1) is 6.92 Å². The lowest BCUT2D eigenvalue weighted by Crippen LogP contribution is -2.27. The highest BCUT2D eigenvalue weighted by Gasteiger charge is 2.16. The number of carbonyl (C=O) groups is 2. The minimum absolute atomic E-state index is 0.137. The molecule has 0 aliphatic carbocycles. The summed E-state index contributed by atoms with van der Waals surface area (Å²) in [6.07, 6.45) is 0. The molecule has 5 nitrogen and oxygen atoms in total. The molecule has 1 unspecified atom stereocenters. The topological polar surface area (TPSA) is 85.1 Å². The van der Waals surface area contributed by atoms with E-state index in [4.69, 9.17) is 5.73 Å². The van der Waals surface area contributed by atoms with E-state index >= 15 is 0 Å². The van der Waals surface area contributed by atoms with Gasteiger partial charge in [-0.15, -0.1) is 11.3 Å². The van der Waals surface area contributed by atoms with Gasteiger partial charge in [-0.05, 0) is 19.4 Å². The van der Waals surface area contributed by atoms with Gasteiger partial charge in [0, 0.05) is 5.38 Å². The average Bonchev–Trinajstić information content (AvgIpc) is 2.89. The number of nitrogens with two attached hydrogens (primary N) is 1. The van der Waals surface area contributed by atoms with E-state index in [0.29, 0.717) is 0 Å². The van der Waals surface area contributed by atoms with Crippen molar-refractivity contribution in [2.45, 2.75) is 19.9 Å². The number of hydrogen-bond acceptors (Lipinski definition) is 4. The summed E-state index contributed by atoms with van der Waals surface area (Å²) in [7, 11) is 0. The number of aryl methyl sites for hydroxylation is 1. The molecule has 2 aromatic rings. The third-order valence-electron chi connectivity index (χ3n) is 2.87. The summed E-state index contributed by atoms with van der Waals surface area (Å²) < 4.78 is 0. The lowest BCUT2D eigenvalue weighted by Gasteiger charge is -2.13. The van der Waals surface area contributed by atoms with E-state index in [9.17, 15) is 9.59 Å². The number of carbonyl (C=O) groups excluding carboxylic acids is 2. The van der Waals surface area contributed by atoms with E-state index in [1.54, 1.807) is 0 Å². The van der Waals surface area contributed by atoms with E-state index in [0.717, 1.165) is 22.5 Å². The molecule has 0 aliphatic rings. The highest BCUT2D eigenvalue weighted by Crippen LogP contribution is 2.15. The van der Waals surface area contributed by atoms with Crippen molar-refractivity contribution in [2.75, 3.05) is 0 Å². The monoisotopic (exact) mass is 289 g/mol. The molecule has 0 saturated heterocycles. The molecule has 1 atom stereocenters. The Bertz CT molecular complexity index is 634. The molecule has 1 aromatic heterocycles. The van der Waals surface area contributed by atoms with Crippen molar-refractivity contribution in [3.05, 3.63) is 51.5 Å². The number of amides is 2. The van der Waals surface area contributed by atoms with Crippen molar-refractivity contribution in [3.8, 4) is 0 Å². The molecule has 3 N–H and O–H groups in total. The third-order valence-corrected chi connectivity index (χ3v) is 3.73. The summed E-state index contributed by atoms with van der Waals surface area (Å²) in [5.41, 5.74) is 7.50. The fraction of sp³-hybridized carbons (Fsp3) is 0.214. The molecule has 1 heterocycles. The zero-order chi connectivity index (χ0) is 14.7. The predicted molar refractivity (Wildman–Crippen MR) is 77.7 cm³/mol. The van der Waals surface area contributed by atoms with Gasteiger partial charge < -0.3 is 11.1 Å². The molecule has 0 bridgehead atoms. The van der Waals surface area contributed by atoms with E-state index in [1.165, 1.54) is 5.38 Å². The van der Waals surface area contributed by atoms with Crippen LogP contribution in [-0.4, -0.2) is 16.8 Å². The second-order valence-corrected chi connectivity index (χ2v) is 5.37. The molecule has 104 valence electrons. The van der Waals surface area contributed by atoms with Crippen molar-refractivity contribution in [3.63, 3.8) is 0 Å². The normalized spacial score (nSPS) is 11.9. The van der Waals surface area contributed by atoms with Crippen molar-refractivity contribution in [1.82, 2.24) is 10.3 Å². The van der Waals surface area contributed by atoms with E-state index < -0.39 is 5.91 Å². The van der Waals surface area contributed by atoms with Crippen LogP contribution in [0.3, 0.4) is 0 Å². The largest absolute Gasteiger partial charge is 0.364 e. The highest BCUT2D eigenvalue weighted by molar-refractivity contribution is 7.11. The van der Waals surface area contributed by atoms with E-state index in [1.807, 2.05) is 38.1 Å². The predicted octanol–water partition coefficient (Wildman–Crippen LogP) is 2.04. The first kappa shape index (κ1) is 14.2. The fourth-order valence-corrected chi connectivity index (χ4v) is 2.35. The minimum atomic E-state index is -0.624. The smallest absolute Gasteiger partial charge is 0.277 e. The van der Waals surface area contributed by atoms with Crippen LogP contribution >= 0.6 is 11.3 Å². The quantitative estimate of drug-likeness (QED) is 0.903. The number of benzene rings is 1. The molecule has 0 spiro atoms. The molecular weight excluding hydrogens is 274 g/mol. The van der Waals surface area contributed by atoms with Crippen LogP contribution in [-0.2, 0) is 0 Å². The Hall–Kier alpha value is -2.21. The van der Waals surface area contributed by atoms with Crippen molar-refractivity contribution >= 4 is 23.2 Å². The van der Waals surface area contributed by atoms with Crippen LogP contribution < -0.4 is 11.1 Å². The van der Waals surface area contributed by atoms with Crippen molar-refractivity contribution < 1.29 is 9.59 Å². The maximum atomic E-state index is 12.0. The summed E-state index contributed by atoms with van der Waals surface area (Å²) in [4.78, 5) is 26.9. The second-order valence-electron chi connectivity index (χ2n) is 4.51. The Balaban J connectivity index is 2.06. The first-order valence-electron chi connectivity index (χ1n) is 6.10. The van der Waals surface area contributed by atoms with Gasteiger partial charge in [0.1, 0.15) is 5.69 Å². The molecule has 20 heavy (non-hydrogen) atoms. The van der Waals surface area contributed by atoms with Gasteiger partial charge in [0.2, 0.25) is 0 Å². The lowest BCUT2D eigenvalue weighted by atomic mass is 10.1. The second kappa shape index (κ2) is 5.83. The number of primary amides is 1. The zero-order valence-electron chi connectivity index (χ0n) is 11.2. The molecule has 0 aliphatic heterocycles. The Morgan fingerprint density at radius 3 is 2.50 bits per heavy atom. The van der Waals surface area contributed by atoms with Gasteiger partial charge in [0.05, 0.1) is 6.04 Å². The van der Waals surface area contributed by atoms with Crippen LogP contribution in [0.1, 0.15) is 44.4 Å². The average molecular weight is 289 g/mol. The number of aromatic nitrogens is 1. The number of nitrogens with zero attached hydrogens (tertiary/aromatic N) is 1. The molecule has 0 saturated carbocycles. The van der Waals surface area contributed by atoms with Crippen molar-refractivity contribution in [2.24, 2.45) is 5.73 Å². The lowest BCUT2D eigenvalue weighted by molar-refractivity contribution is 0.0935. The molecule has 6 heteroatoms. The highest BCUT2D eigenvalue weighted by atomic mass is 32.1. The van der Waals surface area contributed by atoms with Gasteiger partial charge in [-0.1, -0.05) is 29.8 Å². The summed E-state index contributed by atoms with van der Waals surface area (Å²) in [5, 5.41) is 4.50. The first-order valence-corrected chi connectivity index (χ1v) is 6.98. The maximum absolute atomic E-state index is 12.0. The third kappa shape index (κ3) is 3.21. The zero-order valence-corrected chi connectivity index (χ0v) is 12.0. The van der Waals surface area contributed by atoms with E-state index in [2.05, 4.69) is 10.3 Å². The minimum Gasteiger partial charge on any atom is -0.364 e. The number of thiazole rings is 1. The Kier molecular flexibility index (Phi) is 4.14. The standard InChI is InChI=1S/C14H15N3O2S/c1-8-3-5-10(6-4-8)9(2)16-13(19)11-7-20-14(17-11)12(15)18/h3-7,9H,1-2H3,(H2,15,18)(H,16,19). The molecule has 2 amide bonds. The molecule has 0 radical (unpaired) electrons. The van der Waals surface area contributed by atoms with Crippen molar-refractivity contribution in [1.29, 1.82) is 0 Å². The molecular formula is C14H15N3O2S. The van der Waals surface area contributed by atoms with Gasteiger partial charge in [-0.2, -0.15) is 0 Å². The van der Waals surface area contributed by atoms with Crippen LogP contribution in [0.4, 0.5) is 0 Å². The molecule has 2 rings (SSSR count).